The molecule has 0 radical (unpaired) electrons. The van der Waals surface area contributed by atoms with E-state index in [-0.39, 0.29) is 12.0 Å². The van der Waals surface area contributed by atoms with E-state index < -0.39 is 0 Å². The topological polar surface area (TPSA) is 95.3 Å². The zero-order chi connectivity index (χ0) is 22.9. The van der Waals surface area contributed by atoms with Crippen molar-refractivity contribution in [3.63, 3.8) is 0 Å². The molecule has 3 aromatic heterocycles. The Hall–Kier alpha value is -3.85. The van der Waals surface area contributed by atoms with E-state index in [9.17, 15) is 4.79 Å². The molecule has 1 aliphatic rings. The molecule has 0 saturated carbocycles. The Bertz CT molecular complexity index is 1330. The molecule has 0 atom stereocenters. The van der Waals surface area contributed by atoms with Crippen molar-refractivity contribution in [2.75, 3.05) is 27.3 Å². The average Bonchev–Trinajstić information content (AvgIpc) is 3.24. The Kier molecular flexibility index (Phi) is 5.47. The van der Waals surface area contributed by atoms with Gasteiger partial charge in [-0.1, -0.05) is 6.07 Å². The molecule has 0 bridgehead atoms. The molecular formula is C24H24N6O3. The number of carbonyl (C=O) groups excluding carboxylic acids is 1. The third kappa shape index (κ3) is 4.03. The molecular weight excluding hydrogens is 420 g/mol. The fourth-order valence-corrected chi connectivity index (χ4v) is 3.96. The van der Waals surface area contributed by atoms with Gasteiger partial charge >= 0.3 is 0 Å². The van der Waals surface area contributed by atoms with Crippen LogP contribution in [0, 0.1) is 0 Å². The zero-order valence-electron chi connectivity index (χ0n) is 18.7. The van der Waals surface area contributed by atoms with E-state index in [1.807, 2.05) is 31.4 Å². The molecule has 1 aromatic carbocycles. The van der Waals surface area contributed by atoms with E-state index in [1.165, 1.54) is 0 Å². The number of nitrogens with zero attached hydrogens (tertiary/aromatic N) is 6. The Morgan fingerprint density at radius 2 is 2.00 bits per heavy atom. The smallest absolute Gasteiger partial charge is 0.254 e. The number of rotatable bonds is 6. The van der Waals surface area contributed by atoms with Crippen molar-refractivity contribution in [3.05, 3.63) is 66.0 Å². The molecule has 0 unspecified atom stereocenters. The predicted molar refractivity (Wildman–Crippen MR) is 122 cm³/mol. The molecule has 0 spiro atoms. The standard InChI is InChI=1S/C24H24N6O3/c1-29-12-18(11-27-29)22-23-17(6-7-25-22)10-26-21(28-23)9-15-4-5-16(8-20(15)33-3)24(31)30-13-19(14-30)32-2/h4-8,10-12,19H,9,13-14H2,1-3H3. The summed E-state index contributed by atoms with van der Waals surface area (Å²) in [5, 5.41) is 5.15. The normalized spacial score (nSPS) is 13.8. The van der Waals surface area contributed by atoms with Gasteiger partial charge in [0.05, 0.1) is 25.1 Å². The quantitative estimate of drug-likeness (QED) is 0.451. The van der Waals surface area contributed by atoms with Crippen LogP contribution >= 0.6 is 0 Å². The minimum absolute atomic E-state index is 0.0257. The van der Waals surface area contributed by atoms with Crippen LogP contribution in [0.4, 0.5) is 0 Å². The number of likely N-dealkylation sites (tertiary alicyclic amines) is 1. The molecule has 1 amide bonds. The number of methoxy groups -OCH3 is 2. The predicted octanol–water partition coefficient (Wildman–Crippen LogP) is 2.50. The van der Waals surface area contributed by atoms with Crippen LogP contribution < -0.4 is 4.74 Å². The fourth-order valence-electron chi connectivity index (χ4n) is 3.96. The van der Waals surface area contributed by atoms with Crippen LogP contribution in [0.1, 0.15) is 21.7 Å². The summed E-state index contributed by atoms with van der Waals surface area (Å²) in [5.74, 6) is 1.25. The van der Waals surface area contributed by atoms with Gasteiger partial charge in [-0.3, -0.25) is 14.5 Å². The first-order chi connectivity index (χ1) is 16.1. The highest BCUT2D eigenvalue weighted by molar-refractivity contribution is 5.95. The van der Waals surface area contributed by atoms with Crippen LogP contribution in [0.15, 0.2) is 49.1 Å². The third-order valence-electron chi connectivity index (χ3n) is 5.88. The number of hydrogen-bond acceptors (Lipinski definition) is 7. The van der Waals surface area contributed by atoms with Crippen LogP contribution in [0.5, 0.6) is 5.75 Å². The van der Waals surface area contributed by atoms with Crippen molar-refractivity contribution in [2.45, 2.75) is 12.5 Å². The van der Waals surface area contributed by atoms with Crippen LogP contribution in [-0.4, -0.2) is 69.0 Å². The number of hydrogen-bond donors (Lipinski definition) is 0. The Morgan fingerprint density at radius 1 is 1.15 bits per heavy atom. The van der Waals surface area contributed by atoms with Gasteiger partial charge in [-0.2, -0.15) is 5.10 Å². The van der Waals surface area contributed by atoms with E-state index in [2.05, 4.69) is 15.1 Å². The van der Waals surface area contributed by atoms with E-state index in [0.717, 1.165) is 27.7 Å². The lowest BCUT2D eigenvalue weighted by molar-refractivity contribution is -0.0192. The summed E-state index contributed by atoms with van der Waals surface area (Å²) in [6.45, 7) is 1.22. The lowest BCUT2D eigenvalue weighted by atomic mass is 10.0. The summed E-state index contributed by atoms with van der Waals surface area (Å²) in [5.41, 5.74) is 3.92. The first-order valence-corrected chi connectivity index (χ1v) is 10.6. The summed E-state index contributed by atoms with van der Waals surface area (Å²) < 4.78 is 12.6. The van der Waals surface area contributed by atoms with Gasteiger partial charge in [0.15, 0.2) is 0 Å². The number of benzene rings is 1. The Labute approximate surface area is 191 Å². The van der Waals surface area contributed by atoms with Crippen molar-refractivity contribution in [3.8, 4) is 17.0 Å². The minimum atomic E-state index is -0.0257. The lowest BCUT2D eigenvalue weighted by Crippen LogP contribution is -2.54. The number of fused-ring (bicyclic) bond motifs is 1. The molecule has 9 nitrogen and oxygen atoms in total. The monoisotopic (exact) mass is 444 g/mol. The minimum Gasteiger partial charge on any atom is -0.496 e. The molecule has 4 heterocycles. The van der Waals surface area contributed by atoms with Gasteiger partial charge < -0.3 is 14.4 Å². The summed E-state index contributed by atoms with van der Waals surface area (Å²) in [4.78, 5) is 28.4. The maximum atomic E-state index is 12.7. The van der Waals surface area contributed by atoms with Crippen LogP contribution in [0.25, 0.3) is 22.2 Å². The van der Waals surface area contributed by atoms with Crippen LogP contribution in [0.3, 0.4) is 0 Å². The Morgan fingerprint density at radius 3 is 2.73 bits per heavy atom. The zero-order valence-corrected chi connectivity index (χ0v) is 18.7. The molecule has 5 rings (SSSR count). The molecule has 1 aliphatic heterocycles. The maximum Gasteiger partial charge on any atom is 0.254 e. The number of pyridine rings is 1. The highest BCUT2D eigenvalue weighted by Crippen LogP contribution is 2.27. The van der Waals surface area contributed by atoms with Crippen molar-refractivity contribution < 1.29 is 14.3 Å². The van der Waals surface area contributed by atoms with E-state index in [1.54, 1.807) is 48.5 Å². The van der Waals surface area contributed by atoms with Crippen LogP contribution in [0.2, 0.25) is 0 Å². The van der Waals surface area contributed by atoms with Gasteiger partial charge in [0.2, 0.25) is 0 Å². The van der Waals surface area contributed by atoms with Crippen molar-refractivity contribution in [1.82, 2.24) is 29.6 Å². The lowest BCUT2D eigenvalue weighted by Gasteiger charge is -2.38. The van der Waals surface area contributed by atoms with Crippen LogP contribution in [-0.2, 0) is 18.2 Å². The highest BCUT2D eigenvalue weighted by atomic mass is 16.5. The van der Waals surface area contributed by atoms with Crippen molar-refractivity contribution in [1.29, 1.82) is 0 Å². The van der Waals surface area contributed by atoms with E-state index >= 15 is 0 Å². The molecule has 168 valence electrons. The highest BCUT2D eigenvalue weighted by Gasteiger charge is 2.31. The van der Waals surface area contributed by atoms with Crippen molar-refractivity contribution >= 4 is 16.8 Å². The van der Waals surface area contributed by atoms with E-state index in [4.69, 9.17) is 14.5 Å². The SMILES string of the molecule is COc1cc(C(=O)N2CC(OC)C2)ccc1Cc1ncc2ccnc(-c3cnn(C)c3)c2n1. The molecule has 0 N–H and O–H groups in total. The van der Waals surface area contributed by atoms with Gasteiger partial charge in [0.1, 0.15) is 17.1 Å². The third-order valence-corrected chi connectivity index (χ3v) is 5.88. The second kappa shape index (κ2) is 8.59. The summed E-state index contributed by atoms with van der Waals surface area (Å²) in [7, 11) is 5.13. The Balaban J connectivity index is 1.43. The van der Waals surface area contributed by atoms with Gasteiger partial charge in [-0.25, -0.2) is 9.97 Å². The van der Waals surface area contributed by atoms with E-state index in [0.29, 0.717) is 36.6 Å². The fraction of sp³-hybridized carbons (Fsp3) is 0.292. The molecule has 1 fully saturated rings. The second-order valence-electron chi connectivity index (χ2n) is 8.06. The number of amides is 1. The molecule has 9 heteroatoms. The number of carbonyl (C=O) groups is 1. The van der Waals surface area contributed by atoms with Gasteiger partial charge in [0.25, 0.3) is 5.91 Å². The first-order valence-electron chi connectivity index (χ1n) is 10.6. The molecule has 4 aromatic rings. The van der Waals surface area contributed by atoms with Gasteiger partial charge in [-0.15, -0.1) is 0 Å². The largest absolute Gasteiger partial charge is 0.496 e. The molecule has 33 heavy (non-hydrogen) atoms. The average molecular weight is 444 g/mol. The maximum absolute atomic E-state index is 12.7. The summed E-state index contributed by atoms with van der Waals surface area (Å²) in [6, 6.07) is 7.40. The van der Waals surface area contributed by atoms with Gasteiger partial charge in [-0.05, 0) is 18.2 Å². The van der Waals surface area contributed by atoms with Crippen molar-refractivity contribution in [2.24, 2.45) is 7.05 Å². The number of aromatic nitrogens is 5. The first kappa shape index (κ1) is 21.0. The van der Waals surface area contributed by atoms with Gasteiger partial charge in [0, 0.05) is 74.3 Å². The second-order valence-corrected chi connectivity index (χ2v) is 8.06. The summed E-state index contributed by atoms with van der Waals surface area (Å²) in [6.07, 6.45) is 7.82. The molecule has 0 aliphatic carbocycles. The molecule has 1 saturated heterocycles. The number of ether oxygens (including phenoxy) is 2. The summed E-state index contributed by atoms with van der Waals surface area (Å²) >= 11 is 0. The number of aryl methyl sites for hydroxylation is 1.